The Morgan fingerprint density at radius 1 is 0.275 bits per heavy atom. The monoisotopic (exact) mass is 1490 g/mol. The smallest absolute Gasteiger partial charge is 0.462 e. The van der Waals surface area contributed by atoms with Crippen LogP contribution in [0.3, 0.4) is 0 Å². The Bertz CT molecular complexity index is 1950. The van der Waals surface area contributed by atoms with E-state index in [9.17, 15) is 43.2 Å². The lowest BCUT2D eigenvalue weighted by molar-refractivity contribution is -0.161. The third-order valence-corrected chi connectivity index (χ3v) is 21.8. The topological polar surface area (TPSA) is 237 Å². The maximum absolute atomic E-state index is 13.1. The number of phosphoric acid groups is 2. The van der Waals surface area contributed by atoms with E-state index in [-0.39, 0.29) is 25.7 Å². The average molecular weight is 1490 g/mol. The molecule has 3 unspecified atom stereocenters. The quantitative estimate of drug-likeness (QED) is 0.0222. The Hall–Kier alpha value is -1.94. The molecule has 102 heavy (non-hydrogen) atoms. The fourth-order valence-corrected chi connectivity index (χ4v) is 14.5. The normalized spacial score (nSPS) is 14.1. The molecule has 0 aliphatic heterocycles. The number of aliphatic hydroxyl groups is 1. The highest BCUT2D eigenvalue weighted by atomic mass is 31.2. The van der Waals surface area contributed by atoms with Gasteiger partial charge in [0.05, 0.1) is 26.4 Å². The van der Waals surface area contributed by atoms with Gasteiger partial charge in [0.15, 0.2) is 12.2 Å². The SMILES string of the molecule is CCCCCCCCCCCCCCCCCCCCCCCCC(=O)OC[C@H](COP(=O)(O)OC[C@@H](O)COP(=O)(O)OC[C@@H](COC(=O)CCCCCCCCCC)OC(=O)CCCCCCCCCCCC)OC(=O)CCCCCCCCCCCCCCCCCCCCC(C)CC. The summed E-state index contributed by atoms with van der Waals surface area (Å²) < 4.78 is 68.6. The number of rotatable bonds is 83. The molecule has 0 saturated heterocycles. The zero-order valence-electron chi connectivity index (χ0n) is 66.8. The van der Waals surface area contributed by atoms with Crippen molar-refractivity contribution in [2.24, 2.45) is 5.92 Å². The van der Waals surface area contributed by atoms with Crippen molar-refractivity contribution in [3.63, 3.8) is 0 Å². The number of esters is 4. The van der Waals surface area contributed by atoms with Crippen molar-refractivity contribution in [3.8, 4) is 0 Å². The molecule has 17 nitrogen and oxygen atoms in total. The predicted octanol–water partition coefficient (Wildman–Crippen LogP) is 25.2. The first-order valence-electron chi connectivity index (χ1n) is 43.2. The number of carbonyl (C=O) groups is 4. The van der Waals surface area contributed by atoms with Gasteiger partial charge in [-0.2, -0.15) is 0 Å². The van der Waals surface area contributed by atoms with E-state index in [0.29, 0.717) is 25.7 Å². The van der Waals surface area contributed by atoms with Crippen LogP contribution in [0.5, 0.6) is 0 Å². The first kappa shape index (κ1) is 100. The fourth-order valence-electron chi connectivity index (χ4n) is 12.9. The number of aliphatic hydroxyl groups excluding tert-OH is 1. The van der Waals surface area contributed by atoms with Gasteiger partial charge in [0, 0.05) is 25.7 Å². The van der Waals surface area contributed by atoms with Gasteiger partial charge in [-0.25, -0.2) is 9.13 Å². The second-order valence-electron chi connectivity index (χ2n) is 30.1. The third-order valence-electron chi connectivity index (χ3n) is 19.9. The number of phosphoric ester groups is 2. The highest BCUT2D eigenvalue weighted by molar-refractivity contribution is 7.47. The number of unbranched alkanes of at least 4 members (excludes halogenated alkanes) is 54. The van der Waals surface area contributed by atoms with E-state index in [2.05, 4.69) is 34.6 Å². The van der Waals surface area contributed by atoms with Crippen molar-refractivity contribution in [1.82, 2.24) is 0 Å². The molecule has 606 valence electrons. The molecule has 0 aromatic carbocycles. The molecule has 0 bridgehead atoms. The van der Waals surface area contributed by atoms with Gasteiger partial charge in [0.1, 0.15) is 19.3 Å². The molecule has 19 heteroatoms. The first-order valence-corrected chi connectivity index (χ1v) is 46.2. The summed E-state index contributed by atoms with van der Waals surface area (Å²) in [6.45, 7) is 7.36. The molecule has 0 aliphatic carbocycles. The summed E-state index contributed by atoms with van der Waals surface area (Å²) >= 11 is 0. The Kier molecular flexibility index (Phi) is 74.4. The Balaban J connectivity index is 5.13. The minimum Gasteiger partial charge on any atom is -0.462 e. The van der Waals surface area contributed by atoms with Gasteiger partial charge in [-0.15, -0.1) is 0 Å². The number of hydrogen-bond donors (Lipinski definition) is 3. The maximum atomic E-state index is 13.1. The van der Waals surface area contributed by atoms with Gasteiger partial charge < -0.3 is 33.8 Å². The third kappa shape index (κ3) is 74.9. The Labute approximate surface area is 626 Å². The second-order valence-corrected chi connectivity index (χ2v) is 33.0. The second kappa shape index (κ2) is 75.9. The molecule has 0 aliphatic rings. The molecule has 0 fully saturated rings. The zero-order valence-corrected chi connectivity index (χ0v) is 68.5. The van der Waals surface area contributed by atoms with Gasteiger partial charge in [-0.3, -0.25) is 37.3 Å². The molecule has 6 atom stereocenters. The van der Waals surface area contributed by atoms with E-state index >= 15 is 0 Å². The van der Waals surface area contributed by atoms with Crippen LogP contribution < -0.4 is 0 Å². The van der Waals surface area contributed by atoms with Gasteiger partial charge in [-0.1, -0.05) is 394 Å². The van der Waals surface area contributed by atoms with E-state index in [1.165, 1.54) is 263 Å². The Morgan fingerprint density at radius 3 is 0.696 bits per heavy atom. The van der Waals surface area contributed by atoms with Crippen molar-refractivity contribution < 1.29 is 80.2 Å². The molecule has 0 aromatic heterocycles. The van der Waals surface area contributed by atoms with Gasteiger partial charge in [0.25, 0.3) is 0 Å². The van der Waals surface area contributed by atoms with Crippen LogP contribution in [0.2, 0.25) is 0 Å². The minimum absolute atomic E-state index is 0.107. The maximum Gasteiger partial charge on any atom is 0.472 e. The Morgan fingerprint density at radius 2 is 0.471 bits per heavy atom. The van der Waals surface area contributed by atoms with Crippen LogP contribution in [-0.2, 0) is 65.4 Å². The van der Waals surface area contributed by atoms with Gasteiger partial charge in [0.2, 0.25) is 0 Å². The zero-order chi connectivity index (χ0) is 74.8. The van der Waals surface area contributed by atoms with E-state index in [1.54, 1.807) is 0 Å². The average Bonchev–Trinajstić information content (AvgIpc) is 0.918. The van der Waals surface area contributed by atoms with Crippen LogP contribution in [0.1, 0.15) is 446 Å². The molecule has 0 radical (unpaired) electrons. The molecule has 0 amide bonds. The molecule has 0 spiro atoms. The van der Waals surface area contributed by atoms with Crippen LogP contribution in [0.15, 0.2) is 0 Å². The van der Waals surface area contributed by atoms with Crippen molar-refractivity contribution >= 4 is 39.5 Å². The lowest BCUT2D eigenvalue weighted by atomic mass is 9.99. The molecule has 0 aromatic rings. The summed E-state index contributed by atoms with van der Waals surface area (Å²) in [5.41, 5.74) is 0. The molecular formula is C83H162O17P2. The predicted molar refractivity (Wildman–Crippen MR) is 418 cm³/mol. The van der Waals surface area contributed by atoms with Crippen molar-refractivity contribution in [1.29, 1.82) is 0 Å². The molecular weight excluding hydrogens is 1330 g/mol. The summed E-state index contributed by atoms with van der Waals surface area (Å²) in [5, 5.41) is 10.6. The van der Waals surface area contributed by atoms with Gasteiger partial charge in [-0.05, 0) is 31.6 Å². The largest absolute Gasteiger partial charge is 0.472 e. The van der Waals surface area contributed by atoms with Crippen LogP contribution >= 0.6 is 15.6 Å². The van der Waals surface area contributed by atoms with E-state index < -0.39 is 97.5 Å². The van der Waals surface area contributed by atoms with Gasteiger partial charge >= 0.3 is 39.5 Å². The highest BCUT2D eigenvalue weighted by Gasteiger charge is 2.30. The number of hydrogen-bond acceptors (Lipinski definition) is 15. The number of ether oxygens (including phenoxy) is 4. The summed E-state index contributed by atoms with van der Waals surface area (Å²) in [7, 11) is -9.91. The lowest BCUT2D eigenvalue weighted by Gasteiger charge is -2.21. The fraction of sp³-hybridized carbons (Fsp3) is 0.952. The molecule has 0 saturated carbocycles. The summed E-state index contributed by atoms with van der Waals surface area (Å²) in [6.07, 6.45) is 68.3. The molecule has 3 N–H and O–H groups in total. The standard InChI is InChI=1S/C83H162O17P2/c1-6-10-13-16-19-22-24-25-26-27-28-29-30-31-35-38-41-44-48-52-57-62-67-81(86)94-73-79(100-83(88)69-64-59-54-49-45-42-39-36-33-32-34-37-40-43-46-50-55-60-65-76(5)9-4)75-98-102(91,92)96-71-77(84)70-95-101(89,90)97-74-78(72-93-80(85)66-61-56-51-21-18-15-12-8-3)99-82(87)68-63-58-53-47-23-20-17-14-11-7-2/h76-79,84H,6-75H2,1-5H3,(H,89,90)(H,91,92)/t76?,77-,78+,79+/m0/s1. The van der Waals surface area contributed by atoms with Crippen molar-refractivity contribution in [2.45, 2.75) is 464 Å². The molecule has 0 heterocycles. The van der Waals surface area contributed by atoms with Crippen LogP contribution in [0.25, 0.3) is 0 Å². The van der Waals surface area contributed by atoms with Crippen LogP contribution in [0.4, 0.5) is 0 Å². The summed E-state index contributed by atoms with van der Waals surface area (Å²) in [6, 6.07) is 0. The minimum atomic E-state index is -4.96. The van der Waals surface area contributed by atoms with E-state index in [0.717, 1.165) is 102 Å². The van der Waals surface area contributed by atoms with Crippen molar-refractivity contribution in [2.75, 3.05) is 39.6 Å². The van der Waals surface area contributed by atoms with Crippen LogP contribution in [0, 0.1) is 5.92 Å². The van der Waals surface area contributed by atoms with E-state index in [1.807, 2.05) is 0 Å². The highest BCUT2D eigenvalue weighted by Crippen LogP contribution is 2.45. The summed E-state index contributed by atoms with van der Waals surface area (Å²) in [4.78, 5) is 72.9. The van der Waals surface area contributed by atoms with E-state index in [4.69, 9.17) is 37.0 Å². The summed E-state index contributed by atoms with van der Waals surface area (Å²) in [5.74, 6) is -1.24. The lowest BCUT2D eigenvalue weighted by Crippen LogP contribution is -2.30. The number of carbonyl (C=O) groups excluding carboxylic acids is 4. The van der Waals surface area contributed by atoms with Crippen molar-refractivity contribution in [3.05, 3.63) is 0 Å². The van der Waals surface area contributed by atoms with Crippen LogP contribution in [-0.4, -0.2) is 96.7 Å². The first-order chi connectivity index (χ1) is 49.6. The molecule has 0 rings (SSSR count).